The van der Waals surface area contributed by atoms with Gasteiger partial charge < -0.3 is 5.11 Å². The Morgan fingerprint density at radius 1 is 1.45 bits per heavy atom. The highest BCUT2D eigenvalue weighted by Crippen LogP contribution is 2.50. The molecule has 2 fully saturated rings. The average molecular weight is 388 g/mol. The maximum atomic E-state index is 12.9. The molecular formula is C15H18BrNO4S. The van der Waals surface area contributed by atoms with E-state index < -0.39 is 21.4 Å². The fourth-order valence-electron chi connectivity index (χ4n) is 3.72. The van der Waals surface area contributed by atoms with E-state index in [9.17, 15) is 18.3 Å². The summed E-state index contributed by atoms with van der Waals surface area (Å²) < 4.78 is 27.7. The number of carboxylic acid groups (broad SMARTS) is 1. The van der Waals surface area contributed by atoms with Gasteiger partial charge in [-0.2, -0.15) is 4.31 Å². The van der Waals surface area contributed by atoms with Gasteiger partial charge in [0.25, 0.3) is 0 Å². The molecule has 1 aromatic carbocycles. The van der Waals surface area contributed by atoms with Crippen molar-refractivity contribution in [1.29, 1.82) is 0 Å². The third kappa shape index (κ3) is 2.30. The fraction of sp³-hybridized carbons (Fsp3) is 0.533. The van der Waals surface area contributed by atoms with Crippen molar-refractivity contribution in [1.82, 2.24) is 4.31 Å². The number of aryl methyl sites for hydroxylation is 1. The topological polar surface area (TPSA) is 74.7 Å². The molecule has 120 valence electrons. The summed E-state index contributed by atoms with van der Waals surface area (Å²) in [5.41, 5.74) is -0.0438. The summed E-state index contributed by atoms with van der Waals surface area (Å²) >= 11 is 3.29. The number of hydrogen-bond acceptors (Lipinski definition) is 3. The van der Waals surface area contributed by atoms with Crippen LogP contribution in [0.2, 0.25) is 0 Å². The van der Waals surface area contributed by atoms with Gasteiger partial charge in [0, 0.05) is 17.6 Å². The highest BCUT2D eigenvalue weighted by molar-refractivity contribution is 9.10. The molecule has 0 bridgehead atoms. The first kappa shape index (κ1) is 16.0. The lowest BCUT2D eigenvalue weighted by molar-refractivity contribution is -0.149. The average Bonchev–Trinajstić information content (AvgIpc) is 2.99. The molecule has 5 nitrogen and oxygen atoms in total. The van der Waals surface area contributed by atoms with E-state index in [2.05, 4.69) is 15.9 Å². The maximum Gasteiger partial charge on any atom is 0.311 e. The van der Waals surface area contributed by atoms with Gasteiger partial charge in [0.2, 0.25) is 10.0 Å². The molecule has 1 saturated carbocycles. The summed E-state index contributed by atoms with van der Waals surface area (Å²) in [6, 6.07) is 5.17. The van der Waals surface area contributed by atoms with Gasteiger partial charge in [-0.1, -0.05) is 12.5 Å². The van der Waals surface area contributed by atoms with Crippen LogP contribution in [0.5, 0.6) is 0 Å². The van der Waals surface area contributed by atoms with Gasteiger partial charge in [-0.05, 0) is 59.3 Å². The number of nitrogens with zero attached hydrogens (tertiary/aromatic N) is 1. The van der Waals surface area contributed by atoms with Gasteiger partial charge in [0.05, 0.1) is 10.3 Å². The largest absolute Gasteiger partial charge is 0.481 e. The van der Waals surface area contributed by atoms with Crippen molar-refractivity contribution in [2.75, 3.05) is 13.1 Å². The molecule has 1 N–H and O–H groups in total. The Kier molecular flexibility index (Phi) is 3.86. The highest BCUT2D eigenvalue weighted by Gasteiger charge is 2.57. The zero-order valence-corrected chi connectivity index (χ0v) is 14.7. The lowest BCUT2D eigenvalue weighted by atomic mass is 9.81. The number of fused-ring (bicyclic) bond motifs is 1. The predicted molar refractivity (Wildman–Crippen MR) is 85.0 cm³/mol. The second-order valence-corrected chi connectivity index (χ2v) is 9.04. The molecule has 0 spiro atoms. The number of benzene rings is 1. The van der Waals surface area contributed by atoms with Crippen LogP contribution >= 0.6 is 15.9 Å². The number of rotatable bonds is 3. The summed E-state index contributed by atoms with van der Waals surface area (Å²) in [6.07, 6.45) is 2.21. The minimum Gasteiger partial charge on any atom is -0.481 e. The Hall–Kier alpha value is -0.920. The Balaban J connectivity index is 1.98. The van der Waals surface area contributed by atoms with Crippen molar-refractivity contribution >= 4 is 31.9 Å². The molecule has 0 amide bonds. The SMILES string of the molecule is Cc1ccc(Br)c(S(=O)(=O)N2C[C@@H]3CCC[C@@]3(C(=O)O)C2)c1. The lowest BCUT2D eigenvalue weighted by Gasteiger charge is -2.23. The maximum absolute atomic E-state index is 12.9. The van der Waals surface area contributed by atoms with Crippen molar-refractivity contribution in [3.8, 4) is 0 Å². The third-order valence-corrected chi connectivity index (χ3v) is 7.78. The fourth-order valence-corrected chi connectivity index (χ4v) is 6.29. The van der Waals surface area contributed by atoms with Gasteiger partial charge >= 0.3 is 5.97 Å². The van der Waals surface area contributed by atoms with Crippen LogP contribution in [-0.2, 0) is 14.8 Å². The van der Waals surface area contributed by atoms with Gasteiger partial charge in [-0.3, -0.25) is 4.79 Å². The van der Waals surface area contributed by atoms with Crippen LogP contribution in [0.25, 0.3) is 0 Å². The summed E-state index contributed by atoms with van der Waals surface area (Å²) in [5.74, 6) is -0.945. The second-order valence-electron chi connectivity index (χ2n) is 6.28. The first-order valence-corrected chi connectivity index (χ1v) is 9.50. The summed E-state index contributed by atoms with van der Waals surface area (Å²) in [4.78, 5) is 11.9. The lowest BCUT2D eigenvalue weighted by Crippen LogP contribution is -2.37. The van der Waals surface area contributed by atoms with E-state index in [4.69, 9.17) is 0 Å². The third-order valence-electron chi connectivity index (χ3n) is 4.97. The summed E-state index contributed by atoms with van der Waals surface area (Å²) in [7, 11) is -3.68. The molecule has 7 heteroatoms. The van der Waals surface area contributed by atoms with E-state index in [1.807, 2.05) is 13.0 Å². The molecule has 1 saturated heterocycles. The van der Waals surface area contributed by atoms with Crippen LogP contribution in [0.3, 0.4) is 0 Å². The van der Waals surface area contributed by atoms with Crippen LogP contribution in [-0.4, -0.2) is 36.9 Å². The number of sulfonamides is 1. The van der Waals surface area contributed by atoms with Gasteiger partial charge in [0.1, 0.15) is 0 Å². The van der Waals surface area contributed by atoms with Gasteiger partial charge in [0.15, 0.2) is 0 Å². The monoisotopic (exact) mass is 387 g/mol. The zero-order valence-electron chi connectivity index (χ0n) is 12.3. The van der Waals surface area contributed by atoms with E-state index in [0.717, 1.165) is 18.4 Å². The van der Waals surface area contributed by atoms with E-state index in [1.165, 1.54) is 4.31 Å². The number of halogens is 1. The molecule has 1 heterocycles. The first-order valence-electron chi connectivity index (χ1n) is 7.27. The standard InChI is InChI=1S/C15H18BrNO4S/c1-10-4-5-12(16)13(7-10)22(20,21)17-8-11-3-2-6-15(11,9-17)14(18)19/h4-5,7,11H,2-3,6,8-9H2,1H3,(H,18,19)/t11-,15+/m0/s1. The first-order chi connectivity index (χ1) is 10.3. The minimum absolute atomic E-state index is 0.0791. The van der Waals surface area contributed by atoms with Gasteiger partial charge in [-0.15, -0.1) is 0 Å². The Morgan fingerprint density at radius 2 is 2.18 bits per heavy atom. The summed E-state index contributed by atoms with van der Waals surface area (Å²) in [6.45, 7) is 2.22. The van der Waals surface area contributed by atoms with Crippen molar-refractivity contribution in [3.05, 3.63) is 28.2 Å². The van der Waals surface area contributed by atoms with Crippen LogP contribution in [0.4, 0.5) is 0 Å². The van der Waals surface area contributed by atoms with Crippen LogP contribution in [0.15, 0.2) is 27.6 Å². The van der Waals surface area contributed by atoms with E-state index in [0.29, 0.717) is 17.4 Å². The molecule has 1 aliphatic heterocycles. The molecule has 22 heavy (non-hydrogen) atoms. The molecule has 1 aliphatic carbocycles. The smallest absolute Gasteiger partial charge is 0.311 e. The highest BCUT2D eigenvalue weighted by atomic mass is 79.9. The Morgan fingerprint density at radius 3 is 2.82 bits per heavy atom. The van der Waals surface area contributed by atoms with E-state index in [-0.39, 0.29) is 17.4 Å². The summed E-state index contributed by atoms with van der Waals surface area (Å²) in [5, 5.41) is 9.60. The minimum atomic E-state index is -3.68. The van der Waals surface area contributed by atoms with Crippen LogP contribution in [0.1, 0.15) is 24.8 Å². The normalized spacial score (nSPS) is 28.7. The molecule has 2 aliphatic rings. The zero-order chi connectivity index (χ0) is 16.1. The number of carboxylic acids is 1. The number of aliphatic carboxylic acids is 1. The van der Waals surface area contributed by atoms with E-state index >= 15 is 0 Å². The molecule has 0 aromatic heterocycles. The Labute approximate surface area is 138 Å². The van der Waals surface area contributed by atoms with Crippen molar-refractivity contribution < 1.29 is 18.3 Å². The van der Waals surface area contributed by atoms with Crippen molar-refractivity contribution in [3.63, 3.8) is 0 Å². The Bertz CT molecular complexity index is 733. The molecule has 0 unspecified atom stereocenters. The number of carbonyl (C=O) groups is 1. The molecule has 3 rings (SSSR count). The van der Waals surface area contributed by atoms with Crippen LogP contribution in [0, 0.1) is 18.3 Å². The predicted octanol–water partition coefficient (Wildman–Crippen LogP) is 2.63. The molecular weight excluding hydrogens is 370 g/mol. The van der Waals surface area contributed by atoms with Crippen molar-refractivity contribution in [2.24, 2.45) is 11.3 Å². The van der Waals surface area contributed by atoms with Crippen LogP contribution < -0.4 is 0 Å². The molecule has 0 radical (unpaired) electrons. The second kappa shape index (κ2) is 5.32. The molecule has 2 atom stereocenters. The van der Waals surface area contributed by atoms with Crippen molar-refractivity contribution in [2.45, 2.75) is 31.1 Å². The number of hydrogen-bond donors (Lipinski definition) is 1. The van der Waals surface area contributed by atoms with E-state index in [1.54, 1.807) is 12.1 Å². The van der Waals surface area contributed by atoms with Gasteiger partial charge in [-0.25, -0.2) is 8.42 Å². The quantitative estimate of drug-likeness (QED) is 0.864. The molecule has 1 aromatic rings.